The van der Waals surface area contributed by atoms with Crippen LogP contribution in [0.25, 0.3) is 10.7 Å². The first-order valence-electron chi connectivity index (χ1n) is 7.68. The lowest BCUT2D eigenvalue weighted by molar-refractivity contribution is -0.119. The summed E-state index contributed by atoms with van der Waals surface area (Å²) < 4.78 is 5.34. The molecule has 6 nitrogen and oxygen atoms in total. The summed E-state index contributed by atoms with van der Waals surface area (Å²) in [7, 11) is 1.62. The number of hydrogen-bond acceptors (Lipinski definition) is 6. The summed E-state index contributed by atoms with van der Waals surface area (Å²) in [6.45, 7) is 1.93. The molecule has 25 heavy (non-hydrogen) atoms. The maximum atomic E-state index is 12.2. The van der Waals surface area contributed by atoms with Crippen molar-refractivity contribution in [1.82, 2.24) is 20.5 Å². The Balaban J connectivity index is 1.54. The predicted octanol–water partition coefficient (Wildman–Crippen LogP) is 3.51. The van der Waals surface area contributed by atoms with Crippen LogP contribution in [0.15, 0.2) is 46.9 Å². The molecule has 0 radical (unpaired) electrons. The highest BCUT2D eigenvalue weighted by Crippen LogP contribution is 2.25. The number of aromatic amines is 1. The van der Waals surface area contributed by atoms with E-state index in [0.29, 0.717) is 5.16 Å². The van der Waals surface area contributed by atoms with E-state index in [1.165, 1.54) is 11.8 Å². The molecule has 1 aromatic carbocycles. The highest BCUT2D eigenvalue weighted by molar-refractivity contribution is 7.99. The molecular weight excluding hydrogens is 356 g/mol. The van der Waals surface area contributed by atoms with Crippen molar-refractivity contribution in [2.75, 3.05) is 12.9 Å². The summed E-state index contributed by atoms with van der Waals surface area (Å²) >= 11 is 2.89. The Morgan fingerprint density at radius 3 is 2.96 bits per heavy atom. The molecule has 1 unspecified atom stereocenters. The van der Waals surface area contributed by atoms with Crippen molar-refractivity contribution in [3.8, 4) is 16.5 Å². The highest BCUT2D eigenvalue weighted by atomic mass is 32.2. The van der Waals surface area contributed by atoms with Crippen molar-refractivity contribution in [2.24, 2.45) is 0 Å². The number of carbonyl (C=O) groups excluding carboxylic acids is 1. The van der Waals surface area contributed by atoms with Crippen LogP contribution in [0.1, 0.15) is 18.5 Å². The van der Waals surface area contributed by atoms with E-state index >= 15 is 0 Å². The second-order valence-corrected chi connectivity index (χ2v) is 7.15. The molecule has 2 aromatic heterocycles. The summed E-state index contributed by atoms with van der Waals surface area (Å²) in [6, 6.07) is 11.4. The SMILES string of the molecule is COc1ccccc1C(C)NC(=O)CSc1n[nH]c(-c2cccs2)n1. The van der Waals surface area contributed by atoms with Gasteiger partial charge < -0.3 is 10.1 Å². The van der Waals surface area contributed by atoms with E-state index in [4.69, 9.17) is 4.74 Å². The number of methoxy groups -OCH3 is 1. The normalized spacial score (nSPS) is 11.9. The van der Waals surface area contributed by atoms with E-state index in [2.05, 4.69) is 20.5 Å². The van der Waals surface area contributed by atoms with Gasteiger partial charge in [0.2, 0.25) is 11.1 Å². The number of ether oxygens (including phenoxy) is 1. The number of hydrogen-bond donors (Lipinski definition) is 2. The van der Waals surface area contributed by atoms with Crippen LogP contribution >= 0.6 is 23.1 Å². The monoisotopic (exact) mass is 374 g/mol. The van der Waals surface area contributed by atoms with Gasteiger partial charge in [0, 0.05) is 5.56 Å². The molecule has 2 N–H and O–H groups in total. The Kier molecular flexibility index (Phi) is 5.72. The molecule has 0 aliphatic heterocycles. The summed E-state index contributed by atoms with van der Waals surface area (Å²) in [5, 5.41) is 12.6. The van der Waals surface area contributed by atoms with E-state index in [1.54, 1.807) is 18.4 Å². The van der Waals surface area contributed by atoms with Crippen molar-refractivity contribution < 1.29 is 9.53 Å². The van der Waals surface area contributed by atoms with Crippen LogP contribution in [0.5, 0.6) is 5.75 Å². The number of H-pyrrole nitrogens is 1. The topological polar surface area (TPSA) is 79.9 Å². The Morgan fingerprint density at radius 1 is 1.36 bits per heavy atom. The number of thioether (sulfide) groups is 1. The van der Waals surface area contributed by atoms with Gasteiger partial charge in [0.15, 0.2) is 5.82 Å². The average Bonchev–Trinajstić information content (AvgIpc) is 3.31. The third-order valence-corrected chi connectivity index (χ3v) is 5.26. The van der Waals surface area contributed by atoms with E-state index < -0.39 is 0 Å². The van der Waals surface area contributed by atoms with Crippen molar-refractivity contribution in [2.45, 2.75) is 18.1 Å². The molecule has 0 bridgehead atoms. The van der Waals surface area contributed by atoms with Crippen molar-refractivity contribution >= 4 is 29.0 Å². The summed E-state index contributed by atoms with van der Waals surface area (Å²) in [6.07, 6.45) is 0. The van der Waals surface area contributed by atoms with Crippen LogP contribution in [0, 0.1) is 0 Å². The molecule has 3 aromatic rings. The molecular formula is C17H18N4O2S2. The lowest BCUT2D eigenvalue weighted by Gasteiger charge is -2.16. The first-order chi connectivity index (χ1) is 12.2. The molecule has 0 saturated carbocycles. The van der Waals surface area contributed by atoms with Crippen molar-refractivity contribution in [3.63, 3.8) is 0 Å². The largest absolute Gasteiger partial charge is 0.496 e. The number of carbonyl (C=O) groups is 1. The number of thiophene rings is 1. The van der Waals surface area contributed by atoms with Gasteiger partial charge >= 0.3 is 0 Å². The summed E-state index contributed by atoms with van der Waals surface area (Å²) in [5.41, 5.74) is 0.946. The van der Waals surface area contributed by atoms with Gasteiger partial charge in [-0.2, -0.15) is 0 Å². The van der Waals surface area contributed by atoms with Gasteiger partial charge in [0.25, 0.3) is 0 Å². The van der Waals surface area contributed by atoms with Gasteiger partial charge in [-0.25, -0.2) is 4.98 Å². The van der Waals surface area contributed by atoms with Crippen molar-refractivity contribution in [1.29, 1.82) is 0 Å². The second kappa shape index (κ2) is 8.17. The summed E-state index contributed by atoms with van der Waals surface area (Å²) in [5.74, 6) is 1.66. The maximum absolute atomic E-state index is 12.2. The minimum Gasteiger partial charge on any atom is -0.496 e. The first kappa shape index (κ1) is 17.5. The molecule has 0 aliphatic carbocycles. The number of amides is 1. The van der Waals surface area contributed by atoms with E-state index in [1.807, 2.05) is 48.7 Å². The third kappa shape index (κ3) is 4.40. The van der Waals surface area contributed by atoms with Crippen LogP contribution < -0.4 is 10.1 Å². The van der Waals surface area contributed by atoms with Gasteiger partial charge in [-0.05, 0) is 24.4 Å². The lowest BCUT2D eigenvalue weighted by Crippen LogP contribution is -2.28. The fraction of sp³-hybridized carbons (Fsp3) is 0.235. The van der Waals surface area contributed by atoms with Crippen LogP contribution in [0.2, 0.25) is 0 Å². The minimum absolute atomic E-state index is 0.0779. The first-order valence-corrected chi connectivity index (χ1v) is 9.55. The molecule has 1 amide bonds. The van der Waals surface area contributed by atoms with E-state index in [9.17, 15) is 4.79 Å². The summed E-state index contributed by atoms with van der Waals surface area (Å²) in [4.78, 5) is 17.6. The Labute approximate surface area is 154 Å². The van der Waals surface area contributed by atoms with Crippen LogP contribution in [-0.2, 0) is 4.79 Å². The van der Waals surface area contributed by atoms with Crippen LogP contribution in [-0.4, -0.2) is 34.0 Å². The number of benzene rings is 1. The Bertz CT molecular complexity index is 833. The third-order valence-electron chi connectivity index (χ3n) is 3.53. The second-order valence-electron chi connectivity index (χ2n) is 5.26. The number of nitrogens with one attached hydrogen (secondary N) is 2. The van der Waals surface area contributed by atoms with E-state index in [0.717, 1.165) is 22.0 Å². The average molecular weight is 374 g/mol. The fourth-order valence-electron chi connectivity index (χ4n) is 2.35. The number of para-hydroxylation sites is 1. The zero-order valence-electron chi connectivity index (χ0n) is 13.9. The number of aromatic nitrogens is 3. The van der Waals surface area contributed by atoms with Gasteiger partial charge in [0.05, 0.1) is 23.8 Å². The number of rotatable bonds is 7. The van der Waals surface area contributed by atoms with Gasteiger partial charge in [-0.1, -0.05) is 36.0 Å². The molecule has 0 aliphatic rings. The van der Waals surface area contributed by atoms with Gasteiger partial charge in [-0.3, -0.25) is 9.89 Å². The predicted molar refractivity (Wildman–Crippen MR) is 100.0 cm³/mol. The highest BCUT2D eigenvalue weighted by Gasteiger charge is 2.15. The zero-order chi connectivity index (χ0) is 17.6. The molecule has 0 spiro atoms. The molecule has 0 saturated heterocycles. The molecule has 1 atom stereocenters. The van der Waals surface area contributed by atoms with Crippen molar-refractivity contribution in [3.05, 3.63) is 47.3 Å². The molecule has 3 rings (SSSR count). The van der Waals surface area contributed by atoms with E-state index in [-0.39, 0.29) is 17.7 Å². The molecule has 8 heteroatoms. The smallest absolute Gasteiger partial charge is 0.230 e. The minimum atomic E-state index is -0.141. The van der Waals surface area contributed by atoms with Crippen LogP contribution in [0.3, 0.4) is 0 Å². The molecule has 130 valence electrons. The fourth-order valence-corrected chi connectivity index (χ4v) is 3.62. The van der Waals surface area contributed by atoms with Gasteiger partial charge in [0.1, 0.15) is 5.75 Å². The zero-order valence-corrected chi connectivity index (χ0v) is 15.5. The Hall–Kier alpha value is -2.32. The molecule has 2 heterocycles. The molecule has 0 fully saturated rings. The standard InChI is InChI=1S/C17H18N4O2S2/c1-11(12-6-3-4-7-13(12)23-2)18-15(22)10-25-17-19-16(20-21-17)14-8-5-9-24-14/h3-9,11H,10H2,1-2H3,(H,18,22)(H,19,20,21). The maximum Gasteiger partial charge on any atom is 0.230 e. The quantitative estimate of drug-likeness (QED) is 0.619. The van der Waals surface area contributed by atoms with Gasteiger partial charge in [-0.15, -0.1) is 16.4 Å². The Morgan fingerprint density at radius 2 is 2.20 bits per heavy atom. The number of nitrogens with zero attached hydrogens (tertiary/aromatic N) is 2. The lowest BCUT2D eigenvalue weighted by atomic mass is 10.1. The van der Waals surface area contributed by atoms with Crippen LogP contribution in [0.4, 0.5) is 0 Å².